The summed E-state index contributed by atoms with van der Waals surface area (Å²) < 4.78 is 0. The van der Waals surface area contributed by atoms with Crippen molar-refractivity contribution in [3.63, 3.8) is 0 Å². The molecule has 1 amide bonds. The van der Waals surface area contributed by atoms with E-state index in [1.807, 2.05) is 17.0 Å². The molecule has 5 nitrogen and oxygen atoms in total. The van der Waals surface area contributed by atoms with E-state index in [2.05, 4.69) is 22.2 Å². The van der Waals surface area contributed by atoms with E-state index in [4.69, 9.17) is 11.6 Å². The quantitative estimate of drug-likeness (QED) is 0.931. The van der Waals surface area contributed by atoms with Crippen molar-refractivity contribution in [1.82, 2.24) is 14.9 Å². The summed E-state index contributed by atoms with van der Waals surface area (Å²) in [5.41, 5.74) is 1.26. The van der Waals surface area contributed by atoms with Crippen molar-refractivity contribution >= 4 is 29.0 Å². The van der Waals surface area contributed by atoms with Gasteiger partial charge in [0.25, 0.3) is 5.91 Å². The highest BCUT2D eigenvalue weighted by Crippen LogP contribution is 2.19. The average Bonchev–Trinajstić information content (AvgIpc) is 2.58. The minimum Gasteiger partial charge on any atom is -0.339 e. The molecule has 1 aromatic carbocycles. The Morgan fingerprint density at radius 3 is 2.48 bits per heavy atom. The van der Waals surface area contributed by atoms with E-state index in [9.17, 15) is 4.79 Å². The lowest BCUT2D eigenvalue weighted by Crippen LogP contribution is -2.38. The Balaban J connectivity index is 1.64. The fourth-order valence-corrected chi connectivity index (χ4v) is 2.68. The first-order chi connectivity index (χ1) is 11.1. The van der Waals surface area contributed by atoms with Gasteiger partial charge in [-0.3, -0.25) is 4.79 Å². The molecule has 1 N–H and O–H groups in total. The standard InChI is InChI=1S/C17H19ClN4O/c1-12-6-8-22(9-7-12)17(23)15-10-20-16(11-19-15)21-14-4-2-13(18)3-5-14/h2-5,10-12H,6-9H2,1H3,(H,20,21). The first kappa shape index (κ1) is 15.7. The molecule has 0 bridgehead atoms. The number of rotatable bonds is 3. The van der Waals surface area contributed by atoms with Gasteiger partial charge in [-0.1, -0.05) is 18.5 Å². The smallest absolute Gasteiger partial charge is 0.274 e. The number of likely N-dealkylation sites (tertiary alicyclic amines) is 1. The van der Waals surface area contributed by atoms with Crippen LogP contribution in [0.3, 0.4) is 0 Å². The van der Waals surface area contributed by atoms with E-state index in [1.54, 1.807) is 18.3 Å². The molecular formula is C17H19ClN4O. The van der Waals surface area contributed by atoms with Crippen molar-refractivity contribution in [3.8, 4) is 0 Å². The Hall–Kier alpha value is -2.14. The second-order valence-corrected chi connectivity index (χ2v) is 6.33. The summed E-state index contributed by atoms with van der Waals surface area (Å²) in [7, 11) is 0. The lowest BCUT2D eigenvalue weighted by molar-refractivity contribution is 0.0691. The average molecular weight is 331 g/mol. The van der Waals surface area contributed by atoms with Gasteiger partial charge in [0.2, 0.25) is 0 Å². The normalized spacial score (nSPS) is 15.5. The van der Waals surface area contributed by atoms with E-state index in [-0.39, 0.29) is 5.91 Å². The third-order valence-electron chi connectivity index (χ3n) is 4.06. The molecule has 0 spiro atoms. The van der Waals surface area contributed by atoms with Crippen LogP contribution in [0.5, 0.6) is 0 Å². The maximum absolute atomic E-state index is 12.4. The van der Waals surface area contributed by atoms with Crippen LogP contribution in [0.4, 0.5) is 11.5 Å². The van der Waals surface area contributed by atoms with Crippen LogP contribution >= 0.6 is 11.6 Å². The number of amides is 1. The number of nitrogens with one attached hydrogen (secondary N) is 1. The predicted octanol–water partition coefficient (Wildman–Crippen LogP) is 3.75. The second-order valence-electron chi connectivity index (χ2n) is 5.89. The number of hydrogen-bond donors (Lipinski definition) is 1. The van der Waals surface area contributed by atoms with Gasteiger partial charge in [0.1, 0.15) is 11.5 Å². The van der Waals surface area contributed by atoms with Crippen molar-refractivity contribution < 1.29 is 4.79 Å². The number of hydrogen-bond acceptors (Lipinski definition) is 4. The van der Waals surface area contributed by atoms with Gasteiger partial charge in [-0.25, -0.2) is 9.97 Å². The molecule has 120 valence electrons. The molecule has 1 fully saturated rings. The third-order valence-corrected chi connectivity index (χ3v) is 4.31. The van der Waals surface area contributed by atoms with E-state index < -0.39 is 0 Å². The van der Waals surface area contributed by atoms with Gasteiger partial charge >= 0.3 is 0 Å². The topological polar surface area (TPSA) is 58.1 Å². The zero-order valence-corrected chi connectivity index (χ0v) is 13.8. The van der Waals surface area contributed by atoms with Crippen molar-refractivity contribution in [2.45, 2.75) is 19.8 Å². The Morgan fingerprint density at radius 2 is 1.87 bits per heavy atom. The molecule has 1 aliphatic heterocycles. The predicted molar refractivity (Wildman–Crippen MR) is 91.1 cm³/mol. The highest BCUT2D eigenvalue weighted by atomic mass is 35.5. The zero-order valence-electron chi connectivity index (χ0n) is 13.0. The third kappa shape index (κ3) is 3.99. The van der Waals surface area contributed by atoms with Gasteiger partial charge < -0.3 is 10.2 Å². The van der Waals surface area contributed by atoms with Crippen molar-refractivity contribution in [2.24, 2.45) is 5.92 Å². The zero-order chi connectivity index (χ0) is 16.2. The van der Waals surface area contributed by atoms with E-state index in [0.717, 1.165) is 31.6 Å². The Kier molecular flexibility index (Phi) is 4.76. The minimum atomic E-state index is -0.0394. The minimum absolute atomic E-state index is 0.0394. The number of benzene rings is 1. The summed E-state index contributed by atoms with van der Waals surface area (Å²) in [6.45, 7) is 3.82. The molecule has 1 aromatic heterocycles. The van der Waals surface area contributed by atoms with E-state index in [0.29, 0.717) is 22.5 Å². The van der Waals surface area contributed by atoms with Crippen LogP contribution in [0, 0.1) is 5.92 Å². The van der Waals surface area contributed by atoms with Crippen LogP contribution < -0.4 is 5.32 Å². The monoisotopic (exact) mass is 330 g/mol. The van der Waals surface area contributed by atoms with Gasteiger partial charge in [-0.05, 0) is 43.0 Å². The van der Waals surface area contributed by atoms with Crippen molar-refractivity contribution in [3.05, 3.63) is 47.4 Å². The Bertz CT molecular complexity index is 664. The van der Waals surface area contributed by atoms with Crippen molar-refractivity contribution in [1.29, 1.82) is 0 Å². The molecule has 0 radical (unpaired) electrons. The van der Waals surface area contributed by atoms with Gasteiger partial charge in [-0.15, -0.1) is 0 Å². The summed E-state index contributed by atoms with van der Waals surface area (Å²) in [5, 5.41) is 3.80. The summed E-state index contributed by atoms with van der Waals surface area (Å²) >= 11 is 5.86. The molecule has 6 heteroatoms. The molecule has 0 aliphatic carbocycles. The molecule has 23 heavy (non-hydrogen) atoms. The number of nitrogens with zero attached hydrogens (tertiary/aromatic N) is 3. The maximum atomic E-state index is 12.4. The highest BCUT2D eigenvalue weighted by molar-refractivity contribution is 6.30. The second kappa shape index (κ2) is 6.96. The van der Waals surface area contributed by atoms with Crippen LogP contribution in [-0.2, 0) is 0 Å². The molecule has 1 saturated heterocycles. The number of carbonyl (C=O) groups excluding carboxylic acids is 1. The molecule has 0 unspecified atom stereocenters. The number of carbonyl (C=O) groups is 1. The SMILES string of the molecule is CC1CCN(C(=O)c2cnc(Nc3ccc(Cl)cc3)cn2)CC1. The Labute approximate surface area is 140 Å². The van der Waals surface area contributed by atoms with Crippen LogP contribution in [0.1, 0.15) is 30.3 Å². The molecule has 2 heterocycles. The van der Waals surface area contributed by atoms with Gasteiger partial charge in [0, 0.05) is 23.8 Å². The van der Waals surface area contributed by atoms with E-state index >= 15 is 0 Å². The lowest BCUT2D eigenvalue weighted by Gasteiger charge is -2.29. The fourth-order valence-electron chi connectivity index (χ4n) is 2.56. The van der Waals surface area contributed by atoms with Crippen LogP contribution in [0.2, 0.25) is 5.02 Å². The van der Waals surface area contributed by atoms with Gasteiger partial charge in [-0.2, -0.15) is 0 Å². The van der Waals surface area contributed by atoms with Crippen molar-refractivity contribution in [2.75, 3.05) is 18.4 Å². The molecule has 1 aliphatic rings. The first-order valence-electron chi connectivity index (χ1n) is 7.76. The lowest BCUT2D eigenvalue weighted by atomic mass is 9.99. The Morgan fingerprint density at radius 1 is 1.17 bits per heavy atom. The number of aromatic nitrogens is 2. The molecule has 3 rings (SSSR count). The van der Waals surface area contributed by atoms with Crippen LogP contribution in [0.15, 0.2) is 36.7 Å². The number of halogens is 1. The summed E-state index contributed by atoms with van der Waals surface area (Å²) in [6.07, 6.45) is 5.21. The highest BCUT2D eigenvalue weighted by Gasteiger charge is 2.22. The van der Waals surface area contributed by atoms with Gasteiger partial charge in [0.15, 0.2) is 0 Å². The number of piperidine rings is 1. The van der Waals surface area contributed by atoms with Crippen LogP contribution in [-0.4, -0.2) is 33.9 Å². The molecule has 0 atom stereocenters. The summed E-state index contributed by atoms with van der Waals surface area (Å²) in [6, 6.07) is 7.31. The number of anilines is 2. The fraction of sp³-hybridized carbons (Fsp3) is 0.353. The van der Waals surface area contributed by atoms with E-state index in [1.165, 1.54) is 6.20 Å². The molecule has 0 saturated carbocycles. The molecule has 2 aromatic rings. The van der Waals surface area contributed by atoms with Crippen LogP contribution in [0.25, 0.3) is 0 Å². The maximum Gasteiger partial charge on any atom is 0.274 e. The summed E-state index contributed by atoms with van der Waals surface area (Å²) in [4.78, 5) is 22.8. The van der Waals surface area contributed by atoms with Gasteiger partial charge in [0.05, 0.1) is 12.4 Å². The first-order valence-corrected chi connectivity index (χ1v) is 8.13. The molecular weight excluding hydrogens is 312 g/mol. The largest absolute Gasteiger partial charge is 0.339 e. The summed E-state index contributed by atoms with van der Waals surface area (Å²) in [5.74, 6) is 1.25.